The minimum atomic E-state index is -1.97. The van der Waals surface area contributed by atoms with Crippen molar-refractivity contribution in [3.05, 3.63) is 41.0 Å². The van der Waals surface area contributed by atoms with Gasteiger partial charge in [0.2, 0.25) is 0 Å². The lowest BCUT2D eigenvalue weighted by Gasteiger charge is -2.28. The maximum absolute atomic E-state index is 13.6. The monoisotopic (exact) mass is 499 g/mol. The van der Waals surface area contributed by atoms with Crippen LogP contribution in [0.4, 0.5) is 0 Å². The van der Waals surface area contributed by atoms with E-state index in [2.05, 4.69) is 0 Å². The first kappa shape index (κ1) is 20.9. The van der Waals surface area contributed by atoms with Crippen molar-refractivity contribution in [1.29, 1.82) is 0 Å². The van der Waals surface area contributed by atoms with Gasteiger partial charge in [-0.25, -0.2) is 4.79 Å². The number of methoxy groups -OCH3 is 2. The van der Waals surface area contributed by atoms with Crippen molar-refractivity contribution in [3.8, 4) is 28.6 Å². The fourth-order valence-electron chi connectivity index (χ4n) is 4.46. The van der Waals surface area contributed by atoms with E-state index < -0.39 is 24.4 Å². The Labute approximate surface area is 218 Å². The van der Waals surface area contributed by atoms with Crippen LogP contribution in [0.25, 0.3) is 22.3 Å². The van der Waals surface area contributed by atoms with Gasteiger partial charge in [0.1, 0.15) is 28.4 Å². The molecule has 1 aliphatic rings. The molecule has 2 aromatic carbocycles. The summed E-state index contributed by atoms with van der Waals surface area (Å²) in [6.45, 7) is 3.37. The number of piperidine rings is 1. The molecule has 0 aliphatic carbocycles. The third-order valence-corrected chi connectivity index (χ3v) is 6.26. The minimum absolute atomic E-state index is 0.0508. The van der Waals surface area contributed by atoms with E-state index >= 15 is 0 Å². The Hall–Kier alpha value is -3.19. The highest BCUT2D eigenvalue weighted by Crippen LogP contribution is 2.46. The maximum Gasteiger partial charge on any atom is 0.342 e. The van der Waals surface area contributed by atoms with E-state index in [1.54, 1.807) is 31.2 Å². The van der Waals surface area contributed by atoms with Crippen molar-refractivity contribution >= 4 is 16.9 Å². The summed E-state index contributed by atoms with van der Waals surface area (Å²) in [6.07, 6.45) is 0.671. The van der Waals surface area contributed by atoms with E-state index in [1.807, 2.05) is 20.8 Å². The first-order valence-electron chi connectivity index (χ1n) is 14.2. The van der Waals surface area contributed by atoms with E-state index in [-0.39, 0.29) is 54.0 Å². The summed E-state index contributed by atoms with van der Waals surface area (Å²) >= 11 is 0. The summed E-state index contributed by atoms with van der Waals surface area (Å²) in [5.41, 5.74) is 1.12. The number of fused-ring (bicyclic) bond motifs is 1. The van der Waals surface area contributed by atoms with Gasteiger partial charge in [0.05, 0.1) is 26.4 Å². The fraction of sp³-hybridized carbons (Fsp3) is 0.483. The number of hydrogen-bond donors (Lipinski definition) is 1. The largest absolute Gasteiger partial charge is 0.508 e. The zero-order chi connectivity index (χ0) is 29.6. The highest BCUT2D eigenvalue weighted by Gasteiger charge is 2.33. The summed E-state index contributed by atoms with van der Waals surface area (Å²) < 4.78 is 57.2. The number of benzene rings is 2. The first-order valence-corrected chi connectivity index (χ1v) is 12.2. The van der Waals surface area contributed by atoms with Crippen molar-refractivity contribution in [1.82, 2.24) is 4.90 Å². The lowest BCUT2D eigenvalue weighted by atomic mass is 9.84. The number of hydrogen-bond acceptors (Lipinski definition) is 7. The molecule has 7 heteroatoms. The average Bonchev–Trinajstić information content (AvgIpc) is 3.25. The zero-order valence-corrected chi connectivity index (χ0v) is 21.8. The lowest BCUT2D eigenvalue weighted by molar-refractivity contribution is 0.0528. The van der Waals surface area contributed by atoms with Gasteiger partial charge in [-0.05, 0) is 56.4 Å². The Morgan fingerprint density at radius 3 is 2.47 bits per heavy atom. The Bertz CT molecular complexity index is 1410. The van der Waals surface area contributed by atoms with E-state index in [4.69, 9.17) is 24.1 Å². The molecule has 0 atom stereocenters. The number of ether oxygens (including phenoxy) is 3. The van der Waals surface area contributed by atoms with Gasteiger partial charge < -0.3 is 23.7 Å². The first-order chi connectivity index (χ1) is 18.7. The van der Waals surface area contributed by atoms with Crippen molar-refractivity contribution in [2.24, 2.45) is 0 Å². The Morgan fingerprint density at radius 2 is 1.86 bits per heavy atom. The van der Waals surface area contributed by atoms with Gasteiger partial charge in [-0.1, -0.05) is 27.2 Å². The number of carbonyl (C=O) groups is 1. The second kappa shape index (κ2) is 10.4. The summed E-state index contributed by atoms with van der Waals surface area (Å²) in [6, 6.07) is 6.63. The van der Waals surface area contributed by atoms with Crippen LogP contribution in [0.5, 0.6) is 17.2 Å². The van der Waals surface area contributed by atoms with E-state index in [0.717, 1.165) is 4.90 Å². The van der Waals surface area contributed by atoms with Gasteiger partial charge >= 0.3 is 5.97 Å². The minimum Gasteiger partial charge on any atom is -0.508 e. The molecule has 2 heterocycles. The molecule has 1 N–H and O–H groups in total. The molecule has 1 fully saturated rings. The molecule has 0 radical (unpaired) electrons. The second-order valence-corrected chi connectivity index (χ2v) is 9.72. The average molecular weight is 500 g/mol. The van der Waals surface area contributed by atoms with Crippen LogP contribution in [-0.2, 0) is 16.7 Å². The standard InChI is InChI=1S/C29H37NO6/c1-7-35-28(32)25-24-20(17-30-13-9-8-10-14-30)22(31)16-21(29(2,3)4)27(24)36-26(25)19-12-11-18(33-5)15-23(19)34-6/h11-12,15-16,31H,7-10,13-14,17H2,1-6H3/i13D2,14D2. The Morgan fingerprint density at radius 1 is 1.14 bits per heavy atom. The predicted octanol–water partition coefficient (Wildman–Crippen LogP) is 6.28. The van der Waals surface area contributed by atoms with E-state index in [0.29, 0.717) is 34.6 Å². The smallest absolute Gasteiger partial charge is 0.342 e. The number of rotatable bonds is 7. The van der Waals surface area contributed by atoms with Crippen LogP contribution in [0.1, 0.15) is 73.9 Å². The topological polar surface area (TPSA) is 81.4 Å². The number of phenolic OH excluding ortho intramolecular Hbond substituents is 1. The molecule has 4 rings (SSSR count). The molecule has 194 valence electrons. The second-order valence-electron chi connectivity index (χ2n) is 9.72. The molecule has 1 saturated heterocycles. The van der Waals surface area contributed by atoms with Crippen LogP contribution >= 0.6 is 0 Å². The molecule has 0 spiro atoms. The maximum atomic E-state index is 13.6. The molecule has 7 nitrogen and oxygen atoms in total. The normalized spacial score (nSPS) is 19.2. The van der Waals surface area contributed by atoms with Gasteiger partial charge in [0.25, 0.3) is 0 Å². The number of furan rings is 1. The fourth-order valence-corrected chi connectivity index (χ4v) is 4.46. The molecule has 0 bridgehead atoms. The molecule has 36 heavy (non-hydrogen) atoms. The van der Waals surface area contributed by atoms with Crippen molar-refractivity contribution in [2.45, 2.75) is 58.9 Å². The predicted molar refractivity (Wildman–Crippen MR) is 140 cm³/mol. The Balaban J connectivity index is 2.11. The molecular weight excluding hydrogens is 458 g/mol. The van der Waals surface area contributed by atoms with Crippen LogP contribution in [0, 0.1) is 0 Å². The number of phenols is 1. The van der Waals surface area contributed by atoms with Crippen LogP contribution in [0.2, 0.25) is 0 Å². The Kier molecular flexibility index (Phi) is 6.07. The third kappa shape index (κ3) is 4.89. The number of nitrogens with zero attached hydrogens (tertiary/aromatic N) is 1. The molecule has 1 aliphatic heterocycles. The van der Waals surface area contributed by atoms with Gasteiger partial charge in [0, 0.05) is 34.6 Å². The van der Waals surface area contributed by atoms with Gasteiger partial charge in [-0.15, -0.1) is 0 Å². The van der Waals surface area contributed by atoms with Crippen molar-refractivity contribution in [3.63, 3.8) is 0 Å². The lowest BCUT2D eigenvalue weighted by Crippen LogP contribution is -2.29. The van der Waals surface area contributed by atoms with Gasteiger partial charge in [-0.3, -0.25) is 4.90 Å². The van der Waals surface area contributed by atoms with Crippen molar-refractivity contribution < 1.29 is 34.0 Å². The summed E-state index contributed by atoms with van der Waals surface area (Å²) in [5.74, 6) is 0.211. The number of carbonyl (C=O) groups excluding carboxylic acids is 1. The van der Waals surface area contributed by atoms with Crippen molar-refractivity contribution in [2.75, 3.05) is 33.8 Å². The summed E-state index contributed by atoms with van der Waals surface area (Å²) in [4.78, 5) is 14.7. The molecule has 3 aromatic rings. The number of esters is 1. The summed E-state index contributed by atoms with van der Waals surface area (Å²) in [5, 5.41) is 11.7. The van der Waals surface area contributed by atoms with Crippen LogP contribution in [0.3, 0.4) is 0 Å². The molecule has 0 unspecified atom stereocenters. The molecular formula is C29H37NO6. The number of aromatic hydroxyl groups is 1. The van der Waals surface area contributed by atoms with Crippen LogP contribution in [-0.4, -0.2) is 49.8 Å². The van der Waals surface area contributed by atoms with E-state index in [1.165, 1.54) is 14.2 Å². The quantitative estimate of drug-likeness (QED) is 0.383. The van der Waals surface area contributed by atoms with Crippen LogP contribution in [0.15, 0.2) is 28.7 Å². The van der Waals surface area contributed by atoms with Gasteiger partial charge in [-0.2, -0.15) is 0 Å². The summed E-state index contributed by atoms with van der Waals surface area (Å²) in [7, 11) is 3.02. The number of likely N-dealkylation sites (tertiary alicyclic amines) is 1. The molecule has 0 amide bonds. The highest BCUT2D eigenvalue weighted by molar-refractivity contribution is 6.11. The van der Waals surface area contributed by atoms with Crippen LogP contribution < -0.4 is 9.47 Å². The zero-order valence-electron chi connectivity index (χ0n) is 25.8. The van der Waals surface area contributed by atoms with E-state index in [9.17, 15) is 9.90 Å². The van der Waals surface area contributed by atoms with Gasteiger partial charge in [0.15, 0.2) is 5.76 Å². The third-order valence-electron chi connectivity index (χ3n) is 6.26. The highest BCUT2D eigenvalue weighted by atomic mass is 16.5. The molecule has 0 saturated carbocycles. The SMILES string of the molecule is [2H]C1([2H])CCCC([2H])([2H])N1Cc1c(O)cc(C(C)(C)C)c2oc(-c3ccc(OC)cc3OC)c(C(=O)OCC)c12. The molecule has 1 aromatic heterocycles.